The lowest BCUT2D eigenvalue weighted by atomic mass is 10.2. The third kappa shape index (κ3) is 3.89. The fourth-order valence-electron chi connectivity index (χ4n) is 2.72. The fraction of sp³-hybridized carbons (Fsp3) is 0.211. The maximum absolute atomic E-state index is 12.3. The number of carbonyl (C=O) groups excluding carboxylic acids is 2. The van der Waals surface area contributed by atoms with E-state index in [1.54, 1.807) is 60.7 Å². The Labute approximate surface area is 149 Å². The highest BCUT2D eigenvalue weighted by atomic mass is 16.6. The topological polar surface area (TPSA) is 102 Å². The Morgan fingerprint density at radius 3 is 1.92 bits per heavy atom. The predicted octanol–water partition coefficient (Wildman–Crippen LogP) is 1.49. The van der Waals surface area contributed by atoms with Crippen molar-refractivity contribution in [2.24, 2.45) is 0 Å². The summed E-state index contributed by atoms with van der Waals surface area (Å²) in [5.41, 5.74) is 0.621. The van der Waals surface area contributed by atoms with Crippen LogP contribution in [-0.4, -0.2) is 47.8 Å². The highest BCUT2D eigenvalue weighted by Gasteiger charge is 2.45. The molecule has 1 aliphatic heterocycles. The summed E-state index contributed by atoms with van der Waals surface area (Å²) in [5.74, 6) is -2.47. The summed E-state index contributed by atoms with van der Waals surface area (Å²) in [7, 11) is 0. The molecule has 26 heavy (non-hydrogen) atoms. The van der Waals surface area contributed by atoms with Crippen LogP contribution < -0.4 is 5.32 Å². The molecule has 0 aliphatic carbocycles. The molecular formula is C19H17NO6. The highest BCUT2D eigenvalue weighted by molar-refractivity contribution is 5.91. The van der Waals surface area contributed by atoms with Crippen LogP contribution in [0.5, 0.6) is 0 Å². The molecular weight excluding hydrogens is 340 g/mol. The van der Waals surface area contributed by atoms with Gasteiger partial charge in [-0.3, -0.25) is 10.1 Å². The standard InChI is InChI=1S/C19H17NO6/c21-17(22)15-16(26-19(24)13-9-5-2-6-10-13)14(11-20-15)25-18(23)12-7-3-1-4-8-12/h1-10,14-16,20H,11H2,(H,21,22)/t14-,15+,16+/m1/s1/i17+2. The van der Waals surface area contributed by atoms with Gasteiger partial charge in [-0.05, 0) is 24.3 Å². The average Bonchev–Trinajstić information content (AvgIpc) is 3.05. The van der Waals surface area contributed by atoms with E-state index in [-0.39, 0.29) is 12.1 Å². The van der Waals surface area contributed by atoms with Crippen molar-refractivity contribution >= 4 is 17.9 Å². The first kappa shape index (κ1) is 17.6. The molecule has 7 nitrogen and oxygen atoms in total. The number of hydrogen-bond acceptors (Lipinski definition) is 6. The molecule has 2 aromatic carbocycles. The first-order valence-electron chi connectivity index (χ1n) is 8.04. The Kier molecular flexibility index (Phi) is 5.28. The van der Waals surface area contributed by atoms with Gasteiger partial charge in [0.1, 0.15) is 6.04 Å². The number of carboxylic acid groups (broad SMARTS) is 1. The second-order valence-corrected chi connectivity index (χ2v) is 5.77. The van der Waals surface area contributed by atoms with Crippen molar-refractivity contribution in [3.8, 4) is 0 Å². The lowest BCUT2D eigenvalue weighted by Gasteiger charge is -2.22. The minimum Gasteiger partial charge on any atom is -0.480 e. The van der Waals surface area contributed by atoms with Crippen LogP contribution in [0, 0.1) is 0 Å². The molecule has 2 N–H and O–H groups in total. The van der Waals surface area contributed by atoms with Gasteiger partial charge in [-0.25, -0.2) is 9.59 Å². The van der Waals surface area contributed by atoms with E-state index in [0.29, 0.717) is 5.56 Å². The van der Waals surface area contributed by atoms with Gasteiger partial charge < -0.3 is 14.6 Å². The van der Waals surface area contributed by atoms with E-state index in [0.717, 1.165) is 0 Å². The lowest BCUT2D eigenvalue weighted by molar-refractivity contribution is -0.142. The van der Waals surface area contributed by atoms with Gasteiger partial charge in [0.25, 0.3) is 0 Å². The maximum Gasteiger partial charge on any atom is 0.338 e. The van der Waals surface area contributed by atoms with Gasteiger partial charge in [0.2, 0.25) is 0 Å². The Hall–Kier alpha value is -3.19. The number of ether oxygens (including phenoxy) is 2. The van der Waals surface area contributed by atoms with E-state index >= 15 is 0 Å². The van der Waals surface area contributed by atoms with E-state index in [1.807, 2.05) is 0 Å². The first-order chi connectivity index (χ1) is 12.6. The molecule has 134 valence electrons. The summed E-state index contributed by atoms with van der Waals surface area (Å²) < 4.78 is 10.7. The van der Waals surface area contributed by atoms with E-state index in [4.69, 9.17) is 9.47 Å². The molecule has 0 saturated carbocycles. The van der Waals surface area contributed by atoms with E-state index < -0.39 is 36.2 Å². The van der Waals surface area contributed by atoms with Crippen molar-refractivity contribution in [1.29, 1.82) is 0 Å². The van der Waals surface area contributed by atoms with Gasteiger partial charge >= 0.3 is 17.9 Å². The van der Waals surface area contributed by atoms with Crippen molar-refractivity contribution in [3.05, 3.63) is 71.8 Å². The van der Waals surface area contributed by atoms with Crippen molar-refractivity contribution in [3.63, 3.8) is 0 Å². The van der Waals surface area contributed by atoms with Crippen LogP contribution in [0.2, 0.25) is 0 Å². The molecule has 3 rings (SSSR count). The van der Waals surface area contributed by atoms with Crippen LogP contribution >= 0.6 is 0 Å². The van der Waals surface area contributed by atoms with E-state index in [2.05, 4.69) is 5.32 Å². The molecule has 3 atom stereocenters. The van der Waals surface area contributed by atoms with Gasteiger partial charge in [-0.1, -0.05) is 36.4 Å². The zero-order valence-electron chi connectivity index (χ0n) is 13.7. The Bertz CT molecular complexity index is 792. The zero-order chi connectivity index (χ0) is 18.5. The number of carboxylic acids is 1. The molecule has 1 fully saturated rings. The summed E-state index contributed by atoms with van der Waals surface area (Å²) >= 11 is 0. The van der Waals surface area contributed by atoms with Gasteiger partial charge in [0, 0.05) is 6.54 Å². The molecule has 0 radical (unpaired) electrons. The molecule has 1 aliphatic rings. The Morgan fingerprint density at radius 1 is 0.923 bits per heavy atom. The number of rotatable bonds is 5. The molecule has 0 unspecified atom stereocenters. The number of nitrogens with one attached hydrogen (secondary N) is 1. The van der Waals surface area contributed by atoms with Crippen LogP contribution in [-0.2, 0) is 14.3 Å². The second kappa shape index (κ2) is 7.79. The smallest absolute Gasteiger partial charge is 0.338 e. The molecule has 0 bridgehead atoms. The molecule has 0 aromatic heterocycles. The fourth-order valence-corrected chi connectivity index (χ4v) is 2.72. The van der Waals surface area contributed by atoms with Crippen LogP contribution in [0.4, 0.5) is 0 Å². The molecule has 0 amide bonds. The molecule has 1 heterocycles. The predicted molar refractivity (Wildman–Crippen MR) is 90.7 cm³/mol. The Balaban J connectivity index is 1.75. The zero-order valence-corrected chi connectivity index (χ0v) is 13.7. The number of hydrogen-bond donors (Lipinski definition) is 2. The minimum atomic E-state index is -1.19. The van der Waals surface area contributed by atoms with Crippen LogP contribution in [0.3, 0.4) is 0 Å². The first-order valence-corrected chi connectivity index (χ1v) is 8.04. The summed E-state index contributed by atoms with van der Waals surface area (Å²) in [5, 5.41) is 12.1. The number of aliphatic carboxylic acids is 1. The van der Waals surface area contributed by atoms with Crippen molar-refractivity contribution in [1.82, 2.24) is 5.32 Å². The van der Waals surface area contributed by atoms with Crippen molar-refractivity contribution < 1.29 is 29.0 Å². The highest BCUT2D eigenvalue weighted by Crippen LogP contribution is 2.19. The molecule has 1 saturated heterocycles. The van der Waals surface area contributed by atoms with Crippen LogP contribution in [0.25, 0.3) is 0 Å². The lowest BCUT2D eigenvalue weighted by Crippen LogP contribution is -2.44. The quantitative estimate of drug-likeness (QED) is 0.782. The van der Waals surface area contributed by atoms with E-state index in [9.17, 15) is 19.5 Å². The van der Waals surface area contributed by atoms with Gasteiger partial charge in [-0.15, -0.1) is 0 Å². The van der Waals surface area contributed by atoms with Gasteiger partial charge in [0.05, 0.1) is 11.1 Å². The second-order valence-electron chi connectivity index (χ2n) is 5.77. The molecule has 0 spiro atoms. The minimum absolute atomic E-state index is 0.0717. The van der Waals surface area contributed by atoms with Gasteiger partial charge in [-0.2, -0.15) is 0 Å². The molecule has 7 heteroatoms. The van der Waals surface area contributed by atoms with Gasteiger partial charge in [0.15, 0.2) is 12.2 Å². The summed E-state index contributed by atoms with van der Waals surface area (Å²) in [4.78, 5) is 36.0. The summed E-state index contributed by atoms with van der Waals surface area (Å²) in [6.45, 7) is 0.0717. The number of benzene rings is 2. The largest absolute Gasteiger partial charge is 0.480 e. The normalized spacial score (nSPS) is 21.8. The van der Waals surface area contributed by atoms with Crippen LogP contribution in [0.1, 0.15) is 20.7 Å². The SMILES string of the molecule is O=C(O[C@H]1[C@H](OC(=O)c2ccccc2)CN[C@@H]1[14C](=O)O)c1ccccc1. The Morgan fingerprint density at radius 2 is 1.42 bits per heavy atom. The maximum atomic E-state index is 12.3. The summed E-state index contributed by atoms with van der Waals surface area (Å²) in [6.07, 6.45) is -2.04. The van der Waals surface area contributed by atoms with Crippen molar-refractivity contribution in [2.45, 2.75) is 18.2 Å². The summed E-state index contributed by atoms with van der Waals surface area (Å²) in [6, 6.07) is 15.4. The average molecular weight is 357 g/mol. The third-order valence-electron chi connectivity index (χ3n) is 4.02. The number of esters is 2. The monoisotopic (exact) mass is 357 g/mol. The van der Waals surface area contributed by atoms with Crippen molar-refractivity contribution in [2.75, 3.05) is 6.54 Å². The molecule has 2 aromatic rings. The number of carbonyl (C=O) groups is 3. The van der Waals surface area contributed by atoms with Crippen LogP contribution in [0.15, 0.2) is 60.7 Å². The van der Waals surface area contributed by atoms with E-state index in [1.165, 1.54) is 0 Å². The third-order valence-corrected chi connectivity index (χ3v) is 4.02.